The quantitative estimate of drug-likeness (QED) is 0.508. The van der Waals surface area contributed by atoms with E-state index in [1.807, 2.05) is 18.2 Å². The van der Waals surface area contributed by atoms with Gasteiger partial charge in [-0.2, -0.15) is 0 Å². The van der Waals surface area contributed by atoms with Crippen LogP contribution in [0.1, 0.15) is 38.7 Å². The summed E-state index contributed by atoms with van der Waals surface area (Å²) in [5, 5.41) is 0. The smallest absolute Gasteiger partial charge is 0.320 e. The lowest BCUT2D eigenvalue weighted by atomic mass is 9.94. The van der Waals surface area contributed by atoms with Crippen molar-refractivity contribution < 1.29 is 19.1 Å². The molecule has 0 aliphatic carbocycles. The minimum atomic E-state index is -0.853. The Kier molecular flexibility index (Phi) is 7.92. The van der Waals surface area contributed by atoms with Gasteiger partial charge in [0.05, 0.1) is 13.2 Å². The summed E-state index contributed by atoms with van der Waals surface area (Å²) in [7, 11) is 0. The number of ether oxygens (including phenoxy) is 2. The normalized spacial score (nSPS) is 16.0. The number of hydrogen-bond acceptors (Lipinski definition) is 5. The van der Waals surface area contributed by atoms with Gasteiger partial charge in [-0.25, -0.2) is 0 Å². The summed E-state index contributed by atoms with van der Waals surface area (Å²) in [4.78, 5) is 27.0. The van der Waals surface area contributed by atoms with Crippen LogP contribution in [0, 0.1) is 5.92 Å². The molecule has 2 rings (SSSR count). The molecule has 0 amide bonds. The summed E-state index contributed by atoms with van der Waals surface area (Å²) in [6, 6.07) is 10.3. The molecule has 25 heavy (non-hydrogen) atoms. The molecule has 0 aromatic heterocycles. The number of nitrogens with zero attached hydrogens (tertiary/aromatic N) is 1. The number of hydrogen-bond donors (Lipinski definition) is 0. The monoisotopic (exact) mass is 347 g/mol. The fraction of sp³-hybridized carbons (Fsp3) is 0.600. The second-order valence-electron chi connectivity index (χ2n) is 6.38. The molecule has 1 heterocycles. The second-order valence-corrected chi connectivity index (χ2v) is 6.38. The minimum absolute atomic E-state index is 0.128. The van der Waals surface area contributed by atoms with E-state index in [4.69, 9.17) is 9.47 Å². The molecule has 0 saturated carbocycles. The fourth-order valence-corrected chi connectivity index (χ4v) is 3.40. The number of benzene rings is 1. The van der Waals surface area contributed by atoms with E-state index < -0.39 is 17.9 Å². The predicted molar refractivity (Wildman–Crippen MR) is 96.1 cm³/mol. The largest absolute Gasteiger partial charge is 0.465 e. The molecule has 1 unspecified atom stereocenters. The van der Waals surface area contributed by atoms with Crippen LogP contribution in [-0.4, -0.2) is 49.2 Å². The average molecular weight is 347 g/mol. The van der Waals surface area contributed by atoms with E-state index in [2.05, 4.69) is 17.0 Å². The van der Waals surface area contributed by atoms with Crippen LogP contribution in [0.2, 0.25) is 0 Å². The van der Waals surface area contributed by atoms with Crippen molar-refractivity contribution in [2.75, 3.05) is 26.3 Å². The summed E-state index contributed by atoms with van der Waals surface area (Å²) >= 11 is 0. The highest BCUT2D eigenvalue weighted by molar-refractivity contribution is 5.94. The van der Waals surface area contributed by atoms with Crippen molar-refractivity contribution in [1.29, 1.82) is 0 Å². The van der Waals surface area contributed by atoms with Crippen LogP contribution < -0.4 is 0 Å². The predicted octanol–water partition coefficient (Wildman–Crippen LogP) is 2.83. The van der Waals surface area contributed by atoms with Gasteiger partial charge in [0.15, 0.2) is 5.92 Å². The third kappa shape index (κ3) is 5.85. The molecular formula is C20H29NO4. The van der Waals surface area contributed by atoms with Crippen molar-refractivity contribution in [3.63, 3.8) is 0 Å². The Bertz CT molecular complexity index is 522. The van der Waals surface area contributed by atoms with Crippen LogP contribution in [0.25, 0.3) is 0 Å². The topological polar surface area (TPSA) is 55.8 Å². The van der Waals surface area contributed by atoms with E-state index in [0.717, 1.165) is 32.4 Å². The lowest BCUT2D eigenvalue weighted by molar-refractivity contribution is -0.162. The van der Waals surface area contributed by atoms with Gasteiger partial charge in [-0.1, -0.05) is 30.3 Å². The minimum Gasteiger partial charge on any atom is -0.465 e. The molecule has 1 aromatic carbocycles. The molecule has 1 fully saturated rings. The fourth-order valence-electron chi connectivity index (χ4n) is 3.40. The van der Waals surface area contributed by atoms with Crippen LogP contribution >= 0.6 is 0 Å². The van der Waals surface area contributed by atoms with Crippen LogP contribution in [-0.2, 0) is 25.5 Å². The lowest BCUT2D eigenvalue weighted by Gasteiger charge is -2.29. The van der Waals surface area contributed by atoms with E-state index in [1.54, 1.807) is 13.8 Å². The van der Waals surface area contributed by atoms with Gasteiger partial charge >= 0.3 is 11.9 Å². The summed E-state index contributed by atoms with van der Waals surface area (Å²) in [6.45, 7) is 6.05. The van der Waals surface area contributed by atoms with Crippen LogP contribution in [0.3, 0.4) is 0 Å². The molecule has 5 heteroatoms. The SMILES string of the molecule is CCOC(=O)C(CC(Cc1ccccc1)N1CCCC1)C(=O)OCC. The number of likely N-dealkylation sites (tertiary alicyclic amines) is 1. The summed E-state index contributed by atoms with van der Waals surface area (Å²) in [6.07, 6.45) is 3.58. The number of carbonyl (C=O) groups excluding carboxylic acids is 2. The highest BCUT2D eigenvalue weighted by Crippen LogP contribution is 2.23. The van der Waals surface area contributed by atoms with Crippen LogP contribution in [0.15, 0.2) is 30.3 Å². The zero-order chi connectivity index (χ0) is 18.1. The van der Waals surface area contributed by atoms with E-state index in [-0.39, 0.29) is 19.3 Å². The molecule has 0 N–H and O–H groups in total. The van der Waals surface area contributed by atoms with Gasteiger partial charge < -0.3 is 14.4 Å². The van der Waals surface area contributed by atoms with E-state index in [9.17, 15) is 9.59 Å². The Balaban J connectivity index is 2.15. The zero-order valence-electron chi connectivity index (χ0n) is 15.3. The van der Waals surface area contributed by atoms with E-state index in [0.29, 0.717) is 6.42 Å². The first kappa shape index (κ1) is 19.4. The Hall–Kier alpha value is -1.88. The molecule has 138 valence electrons. The third-order valence-electron chi connectivity index (χ3n) is 4.62. The van der Waals surface area contributed by atoms with Crippen molar-refractivity contribution >= 4 is 11.9 Å². The van der Waals surface area contributed by atoms with Crippen LogP contribution in [0.4, 0.5) is 0 Å². The Morgan fingerprint density at radius 3 is 2.08 bits per heavy atom. The zero-order valence-corrected chi connectivity index (χ0v) is 15.3. The van der Waals surface area contributed by atoms with Gasteiger partial charge in [-0.3, -0.25) is 9.59 Å². The summed E-state index contributed by atoms with van der Waals surface area (Å²) in [5.74, 6) is -1.80. The molecule has 5 nitrogen and oxygen atoms in total. The molecule has 1 atom stereocenters. The van der Waals surface area contributed by atoms with Gasteiger partial charge in [-0.05, 0) is 58.2 Å². The van der Waals surface area contributed by atoms with Gasteiger partial charge in [0.25, 0.3) is 0 Å². The maximum Gasteiger partial charge on any atom is 0.320 e. The lowest BCUT2D eigenvalue weighted by Crippen LogP contribution is -2.40. The van der Waals surface area contributed by atoms with E-state index >= 15 is 0 Å². The average Bonchev–Trinajstić information content (AvgIpc) is 3.14. The highest BCUT2D eigenvalue weighted by atomic mass is 16.6. The summed E-state index contributed by atoms with van der Waals surface area (Å²) in [5.41, 5.74) is 1.21. The highest BCUT2D eigenvalue weighted by Gasteiger charge is 2.35. The Morgan fingerprint density at radius 2 is 1.56 bits per heavy atom. The molecule has 1 aliphatic rings. The molecule has 1 saturated heterocycles. The maximum absolute atomic E-state index is 12.3. The van der Waals surface area contributed by atoms with Crippen molar-refractivity contribution in [2.24, 2.45) is 5.92 Å². The van der Waals surface area contributed by atoms with Gasteiger partial charge in [0.1, 0.15) is 0 Å². The molecule has 0 radical (unpaired) electrons. The molecular weight excluding hydrogens is 318 g/mol. The molecule has 0 bridgehead atoms. The molecule has 1 aliphatic heterocycles. The Morgan fingerprint density at radius 1 is 1.00 bits per heavy atom. The first-order valence-corrected chi connectivity index (χ1v) is 9.27. The first-order chi connectivity index (χ1) is 12.2. The molecule has 0 spiro atoms. The standard InChI is InChI=1S/C20H29NO4/c1-3-24-19(22)18(20(23)25-4-2)15-17(21-12-8-9-13-21)14-16-10-6-5-7-11-16/h5-7,10-11,17-18H,3-4,8-9,12-15H2,1-2H3. The van der Waals surface area contributed by atoms with Crippen LogP contribution in [0.5, 0.6) is 0 Å². The number of carbonyl (C=O) groups is 2. The molecule has 1 aromatic rings. The summed E-state index contributed by atoms with van der Waals surface area (Å²) < 4.78 is 10.3. The van der Waals surface area contributed by atoms with Crippen molar-refractivity contribution in [3.8, 4) is 0 Å². The maximum atomic E-state index is 12.3. The Labute approximate surface area is 150 Å². The van der Waals surface area contributed by atoms with Crippen molar-refractivity contribution in [2.45, 2.75) is 45.6 Å². The number of rotatable bonds is 9. The van der Waals surface area contributed by atoms with Crippen molar-refractivity contribution in [3.05, 3.63) is 35.9 Å². The second kappa shape index (κ2) is 10.2. The first-order valence-electron chi connectivity index (χ1n) is 9.27. The number of esters is 2. The third-order valence-corrected chi connectivity index (χ3v) is 4.62. The van der Waals surface area contributed by atoms with Gasteiger partial charge in [0, 0.05) is 6.04 Å². The van der Waals surface area contributed by atoms with E-state index in [1.165, 1.54) is 5.56 Å². The van der Waals surface area contributed by atoms with Crippen molar-refractivity contribution in [1.82, 2.24) is 4.90 Å². The van der Waals surface area contributed by atoms with Gasteiger partial charge in [-0.15, -0.1) is 0 Å². The van der Waals surface area contributed by atoms with Gasteiger partial charge in [0.2, 0.25) is 0 Å².